The van der Waals surface area contributed by atoms with Gasteiger partial charge in [-0.2, -0.15) is 0 Å². The number of hydrogen-bond acceptors (Lipinski definition) is 2. The van der Waals surface area contributed by atoms with E-state index in [0.717, 1.165) is 0 Å². The second-order valence-electron chi connectivity index (χ2n) is 7.72. The van der Waals surface area contributed by atoms with Gasteiger partial charge in [-0.15, -0.1) is 0 Å². The Morgan fingerprint density at radius 2 is 2.00 bits per heavy atom. The van der Waals surface area contributed by atoms with E-state index in [9.17, 15) is 14.0 Å². The van der Waals surface area contributed by atoms with Crippen LogP contribution in [0.1, 0.15) is 40.5 Å². The van der Waals surface area contributed by atoms with Crippen molar-refractivity contribution < 1.29 is 14.0 Å². The van der Waals surface area contributed by atoms with Crippen molar-refractivity contribution in [2.45, 2.75) is 46.6 Å². The van der Waals surface area contributed by atoms with Gasteiger partial charge >= 0.3 is 0 Å². The van der Waals surface area contributed by atoms with Crippen molar-refractivity contribution in [2.24, 2.45) is 11.3 Å². The Balaban J connectivity index is 2.07. The molecular formula is C19H27FN2O2. The Kier molecular flexibility index (Phi) is 5.31. The maximum absolute atomic E-state index is 13.9. The van der Waals surface area contributed by atoms with Crippen LogP contribution in [0.4, 0.5) is 10.1 Å². The Morgan fingerprint density at radius 1 is 1.38 bits per heavy atom. The predicted molar refractivity (Wildman–Crippen MR) is 93.2 cm³/mol. The summed E-state index contributed by atoms with van der Waals surface area (Å²) in [5.74, 6) is -0.445. The lowest BCUT2D eigenvalue weighted by atomic mass is 9.80. The van der Waals surface area contributed by atoms with E-state index in [1.54, 1.807) is 25.2 Å². The van der Waals surface area contributed by atoms with Gasteiger partial charge in [0.05, 0.1) is 5.69 Å². The molecule has 1 heterocycles. The minimum Gasteiger partial charge on any atom is -0.334 e. The summed E-state index contributed by atoms with van der Waals surface area (Å²) < 4.78 is 13.9. The fraction of sp³-hybridized carbons (Fsp3) is 0.579. The van der Waals surface area contributed by atoms with Crippen molar-refractivity contribution in [3.8, 4) is 0 Å². The van der Waals surface area contributed by atoms with Crippen molar-refractivity contribution in [2.75, 3.05) is 18.5 Å². The van der Waals surface area contributed by atoms with Crippen LogP contribution in [0.15, 0.2) is 24.3 Å². The van der Waals surface area contributed by atoms with Crippen LogP contribution < -0.4 is 4.90 Å². The van der Waals surface area contributed by atoms with E-state index in [1.165, 1.54) is 15.9 Å². The first kappa shape index (κ1) is 18.4. The number of nitrogens with zero attached hydrogens (tertiary/aromatic N) is 2. The minimum atomic E-state index is -0.510. The third kappa shape index (κ3) is 3.77. The summed E-state index contributed by atoms with van der Waals surface area (Å²) in [5.41, 5.74) is 0.323. The van der Waals surface area contributed by atoms with Gasteiger partial charge in [-0.1, -0.05) is 39.8 Å². The van der Waals surface area contributed by atoms with E-state index in [-0.39, 0.29) is 28.8 Å². The van der Waals surface area contributed by atoms with Gasteiger partial charge in [-0.25, -0.2) is 4.39 Å². The lowest BCUT2D eigenvalue weighted by Crippen LogP contribution is -2.44. The van der Waals surface area contributed by atoms with Gasteiger partial charge < -0.3 is 9.80 Å². The number of halogens is 1. The van der Waals surface area contributed by atoms with E-state index < -0.39 is 11.9 Å². The molecule has 1 aliphatic heterocycles. The first-order valence-corrected chi connectivity index (χ1v) is 8.44. The number of para-hydroxylation sites is 1. The van der Waals surface area contributed by atoms with Gasteiger partial charge in [-0.05, 0) is 29.9 Å². The lowest BCUT2D eigenvalue weighted by molar-refractivity contribution is -0.138. The molecule has 1 fully saturated rings. The molecule has 0 aliphatic carbocycles. The number of hydrogen-bond donors (Lipinski definition) is 0. The first-order valence-electron chi connectivity index (χ1n) is 8.44. The summed E-state index contributed by atoms with van der Waals surface area (Å²) in [5, 5.41) is 0. The number of anilines is 1. The quantitative estimate of drug-likeness (QED) is 0.846. The van der Waals surface area contributed by atoms with E-state index in [1.807, 2.05) is 6.92 Å². The number of carbonyl (C=O) groups excluding carboxylic acids is 2. The van der Waals surface area contributed by atoms with E-state index in [2.05, 4.69) is 20.8 Å². The Bertz CT molecular complexity index is 624. The second-order valence-corrected chi connectivity index (χ2v) is 7.72. The van der Waals surface area contributed by atoms with Crippen molar-refractivity contribution in [3.63, 3.8) is 0 Å². The van der Waals surface area contributed by atoms with E-state index >= 15 is 0 Å². The van der Waals surface area contributed by atoms with E-state index in [4.69, 9.17) is 0 Å². The molecule has 2 rings (SSSR count). The van der Waals surface area contributed by atoms with Crippen LogP contribution in [-0.4, -0.2) is 36.3 Å². The summed E-state index contributed by atoms with van der Waals surface area (Å²) >= 11 is 0. The van der Waals surface area contributed by atoms with Crippen LogP contribution in [0.2, 0.25) is 0 Å². The molecular weight excluding hydrogens is 307 g/mol. The largest absolute Gasteiger partial charge is 0.334 e. The monoisotopic (exact) mass is 334 g/mol. The zero-order valence-electron chi connectivity index (χ0n) is 15.2. The molecule has 1 aliphatic rings. The molecule has 0 saturated carbocycles. The number of benzene rings is 1. The summed E-state index contributed by atoms with van der Waals surface area (Å²) in [7, 11) is 1.67. The third-order valence-electron chi connectivity index (χ3n) is 5.14. The first-order chi connectivity index (χ1) is 11.1. The highest BCUT2D eigenvalue weighted by Crippen LogP contribution is 2.30. The zero-order chi connectivity index (χ0) is 18.1. The highest BCUT2D eigenvalue weighted by atomic mass is 19.1. The van der Waals surface area contributed by atoms with Gasteiger partial charge in [0.1, 0.15) is 11.9 Å². The van der Waals surface area contributed by atoms with Crippen LogP contribution in [0.25, 0.3) is 0 Å². The lowest BCUT2D eigenvalue weighted by Gasteiger charge is -2.30. The average Bonchev–Trinajstić information content (AvgIpc) is 2.87. The van der Waals surface area contributed by atoms with Crippen molar-refractivity contribution in [3.05, 3.63) is 30.1 Å². The molecule has 1 aromatic carbocycles. The van der Waals surface area contributed by atoms with Gasteiger partial charge in [0, 0.05) is 20.0 Å². The Hall–Kier alpha value is -1.91. The van der Waals surface area contributed by atoms with Crippen LogP contribution in [-0.2, 0) is 9.59 Å². The summed E-state index contributed by atoms with van der Waals surface area (Å²) in [6.45, 7) is 8.79. The highest BCUT2D eigenvalue weighted by Gasteiger charge is 2.38. The third-order valence-corrected chi connectivity index (χ3v) is 5.14. The zero-order valence-corrected chi connectivity index (χ0v) is 15.2. The number of likely N-dealkylation sites (N-methyl/N-ethyl adjacent to an activating group) is 1. The molecule has 1 saturated heterocycles. The molecule has 0 aromatic heterocycles. The number of rotatable bonds is 4. The maximum atomic E-state index is 13.9. The smallest absolute Gasteiger partial charge is 0.249 e. The van der Waals surface area contributed by atoms with Crippen molar-refractivity contribution in [1.29, 1.82) is 0 Å². The molecule has 0 N–H and O–H groups in total. The van der Waals surface area contributed by atoms with Crippen molar-refractivity contribution >= 4 is 17.5 Å². The fourth-order valence-corrected chi connectivity index (χ4v) is 2.82. The predicted octanol–water partition coefficient (Wildman–Crippen LogP) is 3.46. The number of amides is 2. The molecule has 0 spiro atoms. The van der Waals surface area contributed by atoms with E-state index in [0.29, 0.717) is 19.4 Å². The fourth-order valence-electron chi connectivity index (χ4n) is 2.82. The molecule has 0 radical (unpaired) electrons. The van der Waals surface area contributed by atoms with Gasteiger partial charge in [0.2, 0.25) is 11.8 Å². The molecule has 2 unspecified atom stereocenters. The van der Waals surface area contributed by atoms with Crippen LogP contribution >= 0.6 is 0 Å². The molecule has 132 valence electrons. The summed E-state index contributed by atoms with van der Waals surface area (Å²) in [6.07, 6.45) is 0.933. The second kappa shape index (κ2) is 6.91. The summed E-state index contributed by atoms with van der Waals surface area (Å²) in [4.78, 5) is 28.2. The molecule has 5 heteroatoms. The van der Waals surface area contributed by atoms with Crippen LogP contribution in [0.5, 0.6) is 0 Å². The minimum absolute atomic E-state index is 0.0360. The summed E-state index contributed by atoms with van der Waals surface area (Å²) in [6, 6.07) is 5.73. The highest BCUT2D eigenvalue weighted by molar-refractivity contribution is 6.01. The van der Waals surface area contributed by atoms with Gasteiger partial charge in [0.25, 0.3) is 0 Å². The Labute approximate surface area is 143 Å². The topological polar surface area (TPSA) is 40.6 Å². The van der Waals surface area contributed by atoms with Gasteiger partial charge in [-0.3, -0.25) is 9.59 Å². The molecule has 0 bridgehead atoms. The molecule has 24 heavy (non-hydrogen) atoms. The molecule has 2 atom stereocenters. The molecule has 4 nitrogen and oxygen atoms in total. The molecule has 1 aromatic rings. The molecule has 2 amide bonds. The van der Waals surface area contributed by atoms with Crippen molar-refractivity contribution in [1.82, 2.24) is 4.90 Å². The van der Waals surface area contributed by atoms with Crippen LogP contribution in [0.3, 0.4) is 0 Å². The average molecular weight is 334 g/mol. The Morgan fingerprint density at radius 3 is 2.58 bits per heavy atom. The number of carbonyl (C=O) groups is 2. The standard InChI is InChI=1S/C19H27FN2O2/c1-13(19(2,3)4)12-17(23)21(5)16-10-11-22(18(16)24)15-9-7-6-8-14(15)20/h6-9,13,16H,10-12H2,1-5H3. The van der Waals surface area contributed by atoms with Gasteiger partial charge in [0.15, 0.2) is 0 Å². The van der Waals surface area contributed by atoms with Crippen LogP contribution in [0, 0.1) is 17.2 Å². The maximum Gasteiger partial charge on any atom is 0.249 e. The normalized spacial score (nSPS) is 19.5. The SMILES string of the molecule is CC(CC(=O)N(C)C1CCN(c2ccccc2F)C1=O)C(C)(C)C.